The van der Waals surface area contributed by atoms with Crippen molar-refractivity contribution in [1.82, 2.24) is 0 Å². The van der Waals surface area contributed by atoms with Crippen molar-refractivity contribution in [3.8, 4) is 5.75 Å². The van der Waals surface area contributed by atoms with Gasteiger partial charge in [-0.15, -0.1) is 0 Å². The number of carboxylic acids is 1. The second-order valence-corrected chi connectivity index (χ2v) is 4.65. The Kier molecular flexibility index (Phi) is 6.79. The molecule has 0 unspecified atom stereocenters. The molecule has 0 fully saturated rings. The molecule has 0 heterocycles. The normalized spacial score (nSPS) is 10.4. The van der Waals surface area contributed by atoms with E-state index in [0.717, 1.165) is 12.8 Å². The second kappa shape index (κ2) is 8.40. The lowest BCUT2D eigenvalue weighted by atomic mass is 10.1. The number of hydrogen-bond donors (Lipinski definition) is 2. The monoisotopic (exact) mass is 265 g/mol. The minimum Gasteiger partial charge on any atom is -0.491 e. The number of nitrogen functional groups attached to an aromatic ring is 1. The van der Waals surface area contributed by atoms with Gasteiger partial charge in [-0.2, -0.15) is 0 Å². The summed E-state index contributed by atoms with van der Waals surface area (Å²) in [6, 6.07) is 4.79. The highest BCUT2D eigenvalue weighted by Crippen LogP contribution is 2.26. The third kappa shape index (κ3) is 5.20. The molecule has 0 aliphatic carbocycles. The Balaban J connectivity index is 2.38. The van der Waals surface area contributed by atoms with Crippen LogP contribution in [0.25, 0.3) is 0 Å². The fourth-order valence-corrected chi connectivity index (χ4v) is 1.94. The summed E-state index contributed by atoms with van der Waals surface area (Å²) in [4.78, 5) is 11.0. The molecule has 0 amide bonds. The van der Waals surface area contributed by atoms with Gasteiger partial charge >= 0.3 is 5.97 Å². The number of carbonyl (C=O) groups is 1. The van der Waals surface area contributed by atoms with E-state index >= 15 is 0 Å². The first-order chi connectivity index (χ1) is 9.16. The van der Waals surface area contributed by atoms with Crippen molar-refractivity contribution < 1.29 is 14.6 Å². The highest BCUT2D eigenvalue weighted by Gasteiger charge is 2.13. The quantitative estimate of drug-likeness (QED) is 0.527. The Morgan fingerprint density at radius 2 is 1.89 bits per heavy atom. The van der Waals surface area contributed by atoms with E-state index < -0.39 is 5.97 Å². The number of ether oxygens (including phenoxy) is 1. The smallest absolute Gasteiger partial charge is 0.339 e. The molecule has 0 saturated heterocycles. The molecule has 0 spiro atoms. The molecule has 0 atom stereocenters. The standard InChI is InChI=1S/C15H23NO3/c1-2-3-4-5-6-7-11-19-14-12(15(17)18)9-8-10-13(14)16/h8-10H,2-7,11,16H2,1H3,(H,17,18). The molecule has 0 aliphatic heterocycles. The number of unbranched alkanes of at least 4 members (excludes halogenated alkanes) is 5. The van der Waals surface area contributed by atoms with Crippen LogP contribution in [0.5, 0.6) is 5.75 Å². The molecule has 0 saturated carbocycles. The predicted molar refractivity (Wildman–Crippen MR) is 76.7 cm³/mol. The molecule has 1 aromatic carbocycles. The minimum absolute atomic E-state index is 0.131. The molecule has 19 heavy (non-hydrogen) atoms. The van der Waals surface area contributed by atoms with Crippen LogP contribution in [0, 0.1) is 0 Å². The van der Waals surface area contributed by atoms with Crippen LogP contribution in [-0.2, 0) is 0 Å². The van der Waals surface area contributed by atoms with Crippen LogP contribution in [0.15, 0.2) is 18.2 Å². The first kappa shape index (κ1) is 15.3. The van der Waals surface area contributed by atoms with E-state index in [1.54, 1.807) is 12.1 Å². The first-order valence-electron chi connectivity index (χ1n) is 6.91. The third-order valence-electron chi connectivity index (χ3n) is 3.02. The van der Waals surface area contributed by atoms with Gasteiger partial charge in [-0.3, -0.25) is 0 Å². The second-order valence-electron chi connectivity index (χ2n) is 4.65. The number of benzene rings is 1. The van der Waals surface area contributed by atoms with Gasteiger partial charge in [0.15, 0.2) is 5.75 Å². The van der Waals surface area contributed by atoms with Crippen molar-refractivity contribution in [2.45, 2.75) is 45.4 Å². The van der Waals surface area contributed by atoms with Gasteiger partial charge in [-0.05, 0) is 18.6 Å². The third-order valence-corrected chi connectivity index (χ3v) is 3.02. The summed E-state index contributed by atoms with van der Waals surface area (Å²) >= 11 is 0. The van der Waals surface area contributed by atoms with Crippen molar-refractivity contribution in [3.63, 3.8) is 0 Å². The summed E-state index contributed by atoms with van der Waals surface area (Å²) in [5.74, 6) is -0.714. The number of hydrogen-bond acceptors (Lipinski definition) is 3. The number of para-hydroxylation sites is 1. The largest absolute Gasteiger partial charge is 0.491 e. The Hall–Kier alpha value is -1.71. The molecule has 0 aliphatic rings. The van der Waals surface area contributed by atoms with Gasteiger partial charge in [0.1, 0.15) is 5.56 Å². The summed E-state index contributed by atoms with van der Waals surface area (Å²) in [5.41, 5.74) is 6.26. The van der Waals surface area contributed by atoms with Crippen LogP contribution in [0.3, 0.4) is 0 Å². The van der Waals surface area contributed by atoms with Crippen LogP contribution in [0.4, 0.5) is 5.69 Å². The maximum absolute atomic E-state index is 11.0. The van der Waals surface area contributed by atoms with Gasteiger partial charge in [0, 0.05) is 0 Å². The van der Waals surface area contributed by atoms with Gasteiger partial charge < -0.3 is 15.6 Å². The molecule has 1 rings (SSSR count). The van der Waals surface area contributed by atoms with Crippen LogP contribution in [0.1, 0.15) is 55.8 Å². The van der Waals surface area contributed by atoms with Gasteiger partial charge in [-0.25, -0.2) is 4.79 Å². The predicted octanol–water partition coefficient (Wildman–Crippen LogP) is 3.71. The number of nitrogens with two attached hydrogens (primary N) is 1. The van der Waals surface area contributed by atoms with Crippen molar-refractivity contribution in [2.75, 3.05) is 12.3 Å². The van der Waals surface area contributed by atoms with Crippen molar-refractivity contribution in [1.29, 1.82) is 0 Å². The topological polar surface area (TPSA) is 72.5 Å². The molecule has 0 aromatic heterocycles. The number of aromatic carboxylic acids is 1. The summed E-state index contributed by atoms with van der Waals surface area (Å²) in [6.07, 6.45) is 7.00. The molecule has 0 radical (unpaired) electrons. The summed E-state index contributed by atoms with van der Waals surface area (Å²) in [7, 11) is 0. The molecule has 4 nitrogen and oxygen atoms in total. The zero-order chi connectivity index (χ0) is 14.1. The van der Waals surface area contributed by atoms with Crippen molar-refractivity contribution >= 4 is 11.7 Å². The van der Waals surface area contributed by atoms with Crippen LogP contribution in [0.2, 0.25) is 0 Å². The van der Waals surface area contributed by atoms with E-state index in [9.17, 15) is 4.79 Å². The van der Waals surface area contributed by atoms with E-state index in [4.69, 9.17) is 15.6 Å². The molecular weight excluding hydrogens is 242 g/mol. The van der Waals surface area contributed by atoms with Gasteiger partial charge in [-0.1, -0.05) is 45.1 Å². The average molecular weight is 265 g/mol. The summed E-state index contributed by atoms with van der Waals surface area (Å²) < 4.78 is 5.53. The Morgan fingerprint density at radius 1 is 1.21 bits per heavy atom. The van der Waals surface area contributed by atoms with E-state index in [0.29, 0.717) is 18.0 Å². The minimum atomic E-state index is -1.01. The molecule has 0 bridgehead atoms. The zero-order valence-electron chi connectivity index (χ0n) is 11.5. The molecule has 4 heteroatoms. The van der Waals surface area contributed by atoms with Crippen LogP contribution < -0.4 is 10.5 Å². The van der Waals surface area contributed by atoms with Gasteiger partial charge in [0.05, 0.1) is 12.3 Å². The van der Waals surface area contributed by atoms with E-state index in [2.05, 4.69) is 6.92 Å². The van der Waals surface area contributed by atoms with Crippen molar-refractivity contribution in [3.05, 3.63) is 23.8 Å². The van der Waals surface area contributed by atoms with Crippen molar-refractivity contribution in [2.24, 2.45) is 0 Å². The molecule has 106 valence electrons. The Labute approximate surface area is 114 Å². The number of anilines is 1. The zero-order valence-corrected chi connectivity index (χ0v) is 11.5. The SMILES string of the molecule is CCCCCCCCOc1c(N)cccc1C(=O)O. The average Bonchev–Trinajstić information content (AvgIpc) is 2.39. The summed E-state index contributed by atoms with van der Waals surface area (Å²) in [5, 5.41) is 9.05. The fraction of sp³-hybridized carbons (Fsp3) is 0.533. The number of carboxylic acid groups (broad SMARTS) is 1. The lowest BCUT2D eigenvalue weighted by Crippen LogP contribution is -2.07. The Bertz CT molecular complexity index is 404. The molecule has 1 aromatic rings. The maximum Gasteiger partial charge on any atom is 0.339 e. The van der Waals surface area contributed by atoms with Gasteiger partial charge in [0.25, 0.3) is 0 Å². The highest BCUT2D eigenvalue weighted by molar-refractivity contribution is 5.93. The van der Waals surface area contributed by atoms with Gasteiger partial charge in [0.2, 0.25) is 0 Å². The molecular formula is C15H23NO3. The lowest BCUT2D eigenvalue weighted by molar-refractivity contribution is 0.0692. The maximum atomic E-state index is 11.0. The number of rotatable bonds is 9. The van der Waals surface area contributed by atoms with Crippen LogP contribution >= 0.6 is 0 Å². The summed E-state index contributed by atoms with van der Waals surface area (Å²) in [6.45, 7) is 2.70. The Morgan fingerprint density at radius 3 is 2.58 bits per heavy atom. The molecule has 3 N–H and O–H groups in total. The lowest BCUT2D eigenvalue weighted by Gasteiger charge is -2.11. The van der Waals surface area contributed by atoms with E-state index in [-0.39, 0.29) is 5.56 Å². The van der Waals surface area contributed by atoms with Crippen LogP contribution in [-0.4, -0.2) is 17.7 Å². The van der Waals surface area contributed by atoms with E-state index in [1.807, 2.05) is 0 Å². The first-order valence-corrected chi connectivity index (χ1v) is 6.91. The highest BCUT2D eigenvalue weighted by atomic mass is 16.5. The van der Waals surface area contributed by atoms with E-state index in [1.165, 1.54) is 31.7 Å². The fourth-order valence-electron chi connectivity index (χ4n) is 1.94.